The molecule has 1 fully saturated rings. The quantitative estimate of drug-likeness (QED) is 0.631. The number of carbonyl (C=O) groups excluding carboxylic acids is 1. The molecule has 2 heterocycles. The molecule has 1 aromatic heterocycles. The lowest BCUT2D eigenvalue weighted by molar-refractivity contribution is 0.0778. The van der Waals surface area contributed by atoms with Crippen LogP contribution in [-0.2, 0) is 11.3 Å². The zero-order chi connectivity index (χ0) is 20.2. The van der Waals surface area contributed by atoms with Crippen molar-refractivity contribution in [3.63, 3.8) is 0 Å². The van der Waals surface area contributed by atoms with Gasteiger partial charge in [0.1, 0.15) is 5.82 Å². The number of H-pyrrole nitrogens is 1. The van der Waals surface area contributed by atoms with Crippen LogP contribution in [0.15, 0.2) is 58.2 Å². The third kappa shape index (κ3) is 4.52. The second-order valence-corrected chi connectivity index (χ2v) is 8.20. The number of fused-ring (bicyclic) bond motifs is 1. The average Bonchev–Trinajstić information content (AvgIpc) is 3.25. The molecule has 1 saturated heterocycles. The van der Waals surface area contributed by atoms with E-state index in [-0.39, 0.29) is 24.1 Å². The SMILES string of the molecule is CN(Cc1nc2ccccc2c(=O)[nH]1)C(=O)c1ccccc1SC[C@H]1CCCO1. The van der Waals surface area contributed by atoms with E-state index in [0.29, 0.717) is 22.3 Å². The third-order valence-corrected chi connectivity index (χ3v) is 6.17. The zero-order valence-electron chi connectivity index (χ0n) is 16.3. The van der Waals surface area contributed by atoms with Crippen LogP contribution in [-0.4, -0.2) is 46.3 Å². The summed E-state index contributed by atoms with van der Waals surface area (Å²) in [5.74, 6) is 1.21. The van der Waals surface area contributed by atoms with E-state index in [1.54, 1.807) is 41.9 Å². The molecule has 1 N–H and O–H groups in total. The van der Waals surface area contributed by atoms with Crippen molar-refractivity contribution in [2.24, 2.45) is 0 Å². The maximum Gasteiger partial charge on any atom is 0.258 e. The first-order valence-electron chi connectivity index (χ1n) is 9.68. The number of thioether (sulfide) groups is 1. The molecule has 0 radical (unpaired) electrons. The molecule has 0 aliphatic carbocycles. The van der Waals surface area contributed by atoms with Crippen LogP contribution in [0.2, 0.25) is 0 Å². The highest BCUT2D eigenvalue weighted by molar-refractivity contribution is 7.99. The van der Waals surface area contributed by atoms with Gasteiger partial charge in [0.15, 0.2) is 0 Å². The Balaban J connectivity index is 1.50. The first-order chi connectivity index (χ1) is 14.1. The number of ether oxygens (including phenoxy) is 1. The molecule has 7 heteroatoms. The van der Waals surface area contributed by atoms with Crippen LogP contribution in [0.1, 0.15) is 29.0 Å². The maximum absolute atomic E-state index is 13.1. The highest BCUT2D eigenvalue weighted by Crippen LogP contribution is 2.27. The van der Waals surface area contributed by atoms with Crippen molar-refractivity contribution in [3.05, 3.63) is 70.3 Å². The molecule has 4 rings (SSSR count). The Labute approximate surface area is 173 Å². The predicted molar refractivity (Wildman–Crippen MR) is 114 cm³/mol. The fourth-order valence-corrected chi connectivity index (χ4v) is 4.55. The van der Waals surface area contributed by atoms with Gasteiger partial charge in [-0.1, -0.05) is 24.3 Å². The number of hydrogen-bond donors (Lipinski definition) is 1. The fourth-order valence-electron chi connectivity index (χ4n) is 3.44. The topological polar surface area (TPSA) is 75.3 Å². The van der Waals surface area contributed by atoms with Crippen LogP contribution in [0.25, 0.3) is 10.9 Å². The number of aromatic amines is 1. The van der Waals surface area contributed by atoms with E-state index in [2.05, 4.69) is 9.97 Å². The molecule has 0 unspecified atom stereocenters. The molecule has 3 aromatic rings. The van der Waals surface area contributed by atoms with Gasteiger partial charge in [-0.15, -0.1) is 11.8 Å². The smallest absolute Gasteiger partial charge is 0.258 e. The Hall–Kier alpha value is -2.64. The van der Waals surface area contributed by atoms with Crippen LogP contribution >= 0.6 is 11.8 Å². The molecule has 0 saturated carbocycles. The van der Waals surface area contributed by atoms with Crippen LogP contribution in [0, 0.1) is 0 Å². The molecule has 2 aromatic carbocycles. The van der Waals surface area contributed by atoms with Crippen LogP contribution in [0.4, 0.5) is 0 Å². The second kappa shape index (κ2) is 8.80. The van der Waals surface area contributed by atoms with Gasteiger partial charge in [-0.25, -0.2) is 4.98 Å². The van der Waals surface area contributed by atoms with Crippen molar-refractivity contribution in [2.75, 3.05) is 19.4 Å². The lowest BCUT2D eigenvalue weighted by Crippen LogP contribution is -2.28. The maximum atomic E-state index is 13.1. The number of nitrogens with zero attached hydrogens (tertiary/aromatic N) is 2. The molecule has 0 bridgehead atoms. The van der Waals surface area contributed by atoms with E-state index in [1.807, 2.05) is 30.3 Å². The Bertz CT molecular complexity index is 1080. The number of carbonyl (C=O) groups is 1. The molecule has 29 heavy (non-hydrogen) atoms. The Morgan fingerprint density at radius 3 is 2.86 bits per heavy atom. The number of aromatic nitrogens is 2. The average molecular weight is 410 g/mol. The Morgan fingerprint density at radius 2 is 2.03 bits per heavy atom. The molecular weight excluding hydrogens is 386 g/mol. The van der Waals surface area contributed by atoms with Gasteiger partial charge >= 0.3 is 0 Å². The van der Waals surface area contributed by atoms with Crippen LogP contribution in [0.5, 0.6) is 0 Å². The number of amides is 1. The van der Waals surface area contributed by atoms with Gasteiger partial charge in [-0.05, 0) is 37.1 Å². The standard InChI is InChI=1S/C22H23N3O3S/c1-25(13-20-23-18-10-4-2-8-16(18)21(26)24-20)22(27)17-9-3-5-11-19(17)29-14-15-7-6-12-28-15/h2-5,8-11,15H,6-7,12-14H2,1H3,(H,23,24,26)/t15-/m1/s1. The third-order valence-electron chi connectivity index (χ3n) is 4.96. The highest BCUT2D eigenvalue weighted by atomic mass is 32.2. The van der Waals surface area contributed by atoms with Crippen molar-refractivity contribution < 1.29 is 9.53 Å². The number of hydrogen-bond acceptors (Lipinski definition) is 5. The van der Waals surface area contributed by atoms with Gasteiger partial charge in [0.25, 0.3) is 11.5 Å². The van der Waals surface area contributed by atoms with E-state index in [1.165, 1.54) is 0 Å². The molecule has 0 spiro atoms. The minimum absolute atomic E-state index is 0.101. The van der Waals surface area contributed by atoms with Crippen LogP contribution < -0.4 is 5.56 Å². The lowest BCUT2D eigenvalue weighted by atomic mass is 10.2. The van der Waals surface area contributed by atoms with Gasteiger partial charge in [-0.2, -0.15) is 0 Å². The van der Waals surface area contributed by atoms with E-state index in [9.17, 15) is 9.59 Å². The molecule has 1 aliphatic rings. The Morgan fingerprint density at radius 1 is 1.24 bits per heavy atom. The monoisotopic (exact) mass is 409 g/mol. The fraction of sp³-hybridized carbons (Fsp3) is 0.318. The van der Waals surface area contributed by atoms with Gasteiger partial charge in [-0.3, -0.25) is 9.59 Å². The molecule has 1 aliphatic heterocycles. The number of para-hydroxylation sites is 1. The summed E-state index contributed by atoms with van der Waals surface area (Å²) in [5, 5.41) is 0.543. The predicted octanol–water partition coefficient (Wildman–Crippen LogP) is 3.47. The number of rotatable bonds is 6. The minimum Gasteiger partial charge on any atom is -0.377 e. The second-order valence-electron chi connectivity index (χ2n) is 7.13. The number of benzene rings is 2. The summed E-state index contributed by atoms with van der Waals surface area (Å²) in [7, 11) is 1.72. The minimum atomic E-state index is -0.195. The molecule has 1 amide bonds. The number of nitrogens with one attached hydrogen (secondary N) is 1. The summed E-state index contributed by atoms with van der Waals surface area (Å²) in [5.41, 5.74) is 1.08. The van der Waals surface area contributed by atoms with E-state index in [0.717, 1.165) is 30.1 Å². The van der Waals surface area contributed by atoms with Crippen molar-refractivity contribution in [1.29, 1.82) is 0 Å². The van der Waals surface area contributed by atoms with Gasteiger partial charge in [0.2, 0.25) is 0 Å². The van der Waals surface area contributed by atoms with Crippen molar-refractivity contribution in [3.8, 4) is 0 Å². The molecular formula is C22H23N3O3S. The molecule has 1 atom stereocenters. The summed E-state index contributed by atoms with van der Waals surface area (Å²) in [6.07, 6.45) is 2.43. The largest absolute Gasteiger partial charge is 0.377 e. The first kappa shape index (κ1) is 19.7. The first-order valence-corrected chi connectivity index (χ1v) is 10.7. The van der Waals surface area contributed by atoms with Gasteiger partial charge in [0, 0.05) is 24.3 Å². The summed E-state index contributed by atoms with van der Waals surface area (Å²) in [6.45, 7) is 1.05. The Kier molecular flexibility index (Phi) is 5.97. The molecule has 150 valence electrons. The molecule has 6 nitrogen and oxygen atoms in total. The highest BCUT2D eigenvalue weighted by Gasteiger charge is 2.20. The summed E-state index contributed by atoms with van der Waals surface area (Å²) in [4.78, 5) is 35.1. The van der Waals surface area contributed by atoms with E-state index in [4.69, 9.17) is 4.74 Å². The van der Waals surface area contributed by atoms with E-state index < -0.39 is 0 Å². The summed E-state index contributed by atoms with van der Waals surface area (Å²) in [6, 6.07) is 14.8. The van der Waals surface area contributed by atoms with Crippen molar-refractivity contribution in [1.82, 2.24) is 14.9 Å². The van der Waals surface area contributed by atoms with Gasteiger partial charge < -0.3 is 14.6 Å². The van der Waals surface area contributed by atoms with Crippen molar-refractivity contribution >= 4 is 28.6 Å². The van der Waals surface area contributed by atoms with Gasteiger partial charge in [0.05, 0.1) is 29.1 Å². The van der Waals surface area contributed by atoms with Crippen molar-refractivity contribution in [2.45, 2.75) is 30.4 Å². The van der Waals surface area contributed by atoms with Crippen LogP contribution in [0.3, 0.4) is 0 Å². The summed E-state index contributed by atoms with van der Waals surface area (Å²) < 4.78 is 5.69. The van der Waals surface area contributed by atoms with E-state index >= 15 is 0 Å². The lowest BCUT2D eigenvalue weighted by Gasteiger charge is -2.19. The normalized spacial score (nSPS) is 16.2. The zero-order valence-corrected chi connectivity index (χ0v) is 17.1. The summed E-state index contributed by atoms with van der Waals surface area (Å²) >= 11 is 1.65.